The molecule has 1 N–H and O–H groups in total. The molecular formula is C18H18F3N5O. The summed E-state index contributed by atoms with van der Waals surface area (Å²) in [5.41, 5.74) is 0.282. The highest BCUT2D eigenvalue weighted by Crippen LogP contribution is 2.29. The van der Waals surface area contributed by atoms with Gasteiger partial charge in [0.15, 0.2) is 11.5 Å². The Morgan fingerprint density at radius 3 is 2.52 bits per heavy atom. The summed E-state index contributed by atoms with van der Waals surface area (Å²) in [6.45, 7) is 3.50. The van der Waals surface area contributed by atoms with Gasteiger partial charge < -0.3 is 5.32 Å². The number of hydrogen-bond acceptors (Lipinski definition) is 3. The topological polar surface area (TPSA) is 64.7 Å². The lowest BCUT2D eigenvalue weighted by atomic mass is 10.2. The van der Waals surface area contributed by atoms with Crippen LogP contribution in [-0.4, -0.2) is 25.5 Å². The maximum atomic E-state index is 12.8. The summed E-state index contributed by atoms with van der Waals surface area (Å²) in [4.78, 5) is 12.4. The number of aryl methyl sites for hydroxylation is 1. The van der Waals surface area contributed by atoms with Crippen LogP contribution in [0.15, 0.2) is 48.7 Å². The standard InChI is InChI=1S/C18H18F3N5O/c1-12-10-15(18(19,20)21)23-26(12)13(2)17(27)22-16-8-9-25(24-16)11-14-6-4-3-5-7-14/h3-10,13H,11H2,1-2H3,(H,22,24,27). The van der Waals surface area contributed by atoms with Gasteiger partial charge in [-0.05, 0) is 25.5 Å². The average molecular weight is 377 g/mol. The van der Waals surface area contributed by atoms with Gasteiger partial charge in [0.2, 0.25) is 5.91 Å². The number of nitrogens with one attached hydrogen (secondary N) is 1. The van der Waals surface area contributed by atoms with E-state index in [1.165, 1.54) is 13.8 Å². The molecule has 142 valence electrons. The van der Waals surface area contributed by atoms with E-state index in [9.17, 15) is 18.0 Å². The first kappa shape index (κ1) is 18.7. The number of alkyl halides is 3. The van der Waals surface area contributed by atoms with Crippen LogP contribution in [0.2, 0.25) is 0 Å². The summed E-state index contributed by atoms with van der Waals surface area (Å²) in [7, 11) is 0. The van der Waals surface area contributed by atoms with E-state index in [4.69, 9.17) is 0 Å². The van der Waals surface area contributed by atoms with Crippen LogP contribution in [0.5, 0.6) is 0 Å². The maximum Gasteiger partial charge on any atom is 0.435 e. The summed E-state index contributed by atoms with van der Waals surface area (Å²) in [5, 5.41) is 10.4. The highest BCUT2D eigenvalue weighted by Gasteiger charge is 2.35. The van der Waals surface area contributed by atoms with E-state index in [1.54, 1.807) is 16.9 Å². The molecule has 6 nitrogen and oxygen atoms in total. The molecule has 0 aliphatic carbocycles. The zero-order chi connectivity index (χ0) is 19.6. The molecule has 2 heterocycles. The molecule has 3 rings (SSSR count). The fourth-order valence-corrected chi connectivity index (χ4v) is 2.65. The average Bonchev–Trinajstić information content (AvgIpc) is 3.21. The van der Waals surface area contributed by atoms with Crippen LogP contribution in [0.3, 0.4) is 0 Å². The van der Waals surface area contributed by atoms with Gasteiger partial charge in [-0.25, -0.2) is 0 Å². The monoisotopic (exact) mass is 377 g/mol. The molecule has 1 aromatic carbocycles. The first-order chi connectivity index (χ1) is 12.7. The third kappa shape index (κ3) is 4.36. The molecule has 0 aliphatic heterocycles. The Kier molecular flexibility index (Phi) is 5.02. The minimum atomic E-state index is -4.55. The maximum absolute atomic E-state index is 12.8. The summed E-state index contributed by atoms with van der Waals surface area (Å²) >= 11 is 0. The third-order valence-corrected chi connectivity index (χ3v) is 4.04. The molecule has 0 spiro atoms. The highest BCUT2D eigenvalue weighted by atomic mass is 19.4. The van der Waals surface area contributed by atoms with Crippen LogP contribution in [0, 0.1) is 6.92 Å². The second-order valence-corrected chi connectivity index (χ2v) is 6.16. The van der Waals surface area contributed by atoms with Crippen molar-refractivity contribution in [3.63, 3.8) is 0 Å². The Bertz CT molecular complexity index is 930. The minimum absolute atomic E-state index is 0.250. The van der Waals surface area contributed by atoms with Gasteiger partial charge >= 0.3 is 6.18 Å². The first-order valence-electron chi connectivity index (χ1n) is 8.25. The van der Waals surface area contributed by atoms with E-state index in [0.29, 0.717) is 12.4 Å². The van der Waals surface area contributed by atoms with Gasteiger partial charge in [0.05, 0.1) is 6.54 Å². The molecule has 1 unspecified atom stereocenters. The number of amides is 1. The largest absolute Gasteiger partial charge is 0.435 e. The molecule has 0 aliphatic rings. The third-order valence-electron chi connectivity index (χ3n) is 4.04. The van der Waals surface area contributed by atoms with Gasteiger partial charge in [-0.15, -0.1) is 0 Å². The minimum Gasteiger partial charge on any atom is -0.307 e. The van der Waals surface area contributed by atoms with Crippen molar-refractivity contribution in [2.24, 2.45) is 0 Å². The van der Waals surface area contributed by atoms with E-state index in [-0.39, 0.29) is 5.69 Å². The molecule has 1 atom stereocenters. The van der Waals surface area contributed by atoms with Crippen molar-refractivity contribution in [3.8, 4) is 0 Å². The zero-order valence-electron chi connectivity index (χ0n) is 14.7. The Hall–Kier alpha value is -3.10. The quantitative estimate of drug-likeness (QED) is 0.738. The van der Waals surface area contributed by atoms with E-state index in [1.807, 2.05) is 30.3 Å². The number of carbonyl (C=O) groups is 1. The molecular weight excluding hydrogens is 359 g/mol. The van der Waals surface area contributed by atoms with Crippen LogP contribution in [0.1, 0.15) is 29.9 Å². The summed E-state index contributed by atoms with van der Waals surface area (Å²) in [6.07, 6.45) is -2.84. The van der Waals surface area contributed by atoms with Crippen LogP contribution in [-0.2, 0) is 17.5 Å². The fourth-order valence-electron chi connectivity index (χ4n) is 2.65. The van der Waals surface area contributed by atoms with Gasteiger partial charge in [0, 0.05) is 18.0 Å². The van der Waals surface area contributed by atoms with Crippen molar-refractivity contribution in [2.45, 2.75) is 32.6 Å². The van der Waals surface area contributed by atoms with Crippen molar-refractivity contribution in [1.82, 2.24) is 19.6 Å². The fraction of sp³-hybridized carbons (Fsp3) is 0.278. The molecule has 1 amide bonds. The Morgan fingerprint density at radius 2 is 1.89 bits per heavy atom. The summed E-state index contributed by atoms with van der Waals surface area (Å²) in [5.74, 6) is -0.177. The summed E-state index contributed by atoms with van der Waals surface area (Å²) < 4.78 is 41.1. The van der Waals surface area contributed by atoms with Crippen molar-refractivity contribution in [3.05, 3.63) is 65.6 Å². The van der Waals surface area contributed by atoms with Crippen molar-refractivity contribution < 1.29 is 18.0 Å². The lowest BCUT2D eigenvalue weighted by Crippen LogP contribution is -2.26. The molecule has 0 bridgehead atoms. The second-order valence-electron chi connectivity index (χ2n) is 6.16. The number of aromatic nitrogens is 4. The van der Waals surface area contributed by atoms with Crippen molar-refractivity contribution in [1.29, 1.82) is 0 Å². The Labute approximate surface area is 153 Å². The van der Waals surface area contributed by atoms with E-state index < -0.39 is 23.8 Å². The first-order valence-corrected chi connectivity index (χ1v) is 8.25. The van der Waals surface area contributed by atoms with Gasteiger partial charge in [-0.2, -0.15) is 23.4 Å². The number of rotatable bonds is 5. The Balaban J connectivity index is 1.68. The van der Waals surface area contributed by atoms with Crippen molar-refractivity contribution in [2.75, 3.05) is 5.32 Å². The molecule has 0 radical (unpaired) electrons. The number of halogens is 3. The van der Waals surface area contributed by atoms with Gasteiger partial charge in [0.25, 0.3) is 0 Å². The van der Waals surface area contributed by atoms with Gasteiger partial charge in [-0.3, -0.25) is 14.2 Å². The summed E-state index contributed by atoms with van der Waals surface area (Å²) in [6, 6.07) is 11.3. The van der Waals surface area contributed by atoms with E-state index >= 15 is 0 Å². The lowest BCUT2D eigenvalue weighted by molar-refractivity contribution is -0.141. The predicted molar refractivity (Wildman–Crippen MR) is 93.1 cm³/mol. The second kappa shape index (κ2) is 7.26. The highest BCUT2D eigenvalue weighted by molar-refractivity contribution is 5.92. The smallest absolute Gasteiger partial charge is 0.307 e. The van der Waals surface area contributed by atoms with Gasteiger partial charge in [0.1, 0.15) is 6.04 Å². The molecule has 2 aromatic heterocycles. The van der Waals surface area contributed by atoms with Crippen LogP contribution in [0.4, 0.5) is 19.0 Å². The molecule has 0 saturated carbocycles. The Morgan fingerprint density at radius 1 is 1.19 bits per heavy atom. The molecule has 3 aromatic rings. The molecule has 9 heteroatoms. The number of nitrogens with zero attached hydrogens (tertiary/aromatic N) is 4. The molecule has 0 fully saturated rings. The molecule has 0 saturated heterocycles. The van der Waals surface area contributed by atoms with Crippen molar-refractivity contribution >= 4 is 11.7 Å². The molecule has 27 heavy (non-hydrogen) atoms. The predicted octanol–water partition coefficient (Wildman–Crippen LogP) is 3.65. The normalized spacial score (nSPS) is 12.8. The van der Waals surface area contributed by atoms with E-state index in [0.717, 1.165) is 16.3 Å². The van der Waals surface area contributed by atoms with Crippen LogP contribution in [0.25, 0.3) is 0 Å². The number of carbonyl (C=O) groups excluding carboxylic acids is 1. The van der Waals surface area contributed by atoms with Crippen LogP contribution >= 0.6 is 0 Å². The SMILES string of the molecule is Cc1cc(C(F)(F)F)nn1C(C)C(=O)Nc1ccn(Cc2ccccc2)n1. The van der Waals surface area contributed by atoms with Crippen LogP contribution < -0.4 is 5.32 Å². The van der Waals surface area contributed by atoms with E-state index in [2.05, 4.69) is 15.5 Å². The lowest BCUT2D eigenvalue weighted by Gasteiger charge is -2.13. The number of hydrogen-bond donors (Lipinski definition) is 1. The van der Waals surface area contributed by atoms with Gasteiger partial charge in [-0.1, -0.05) is 30.3 Å². The number of benzene rings is 1. The zero-order valence-corrected chi connectivity index (χ0v) is 14.7. The number of anilines is 1.